The fourth-order valence-electron chi connectivity index (χ4n) is 2.32. The summed E-state index contributed by atoms with van der Waals surface area (Å²) in [6.45, 7) is 3.52. The van der Waals surface area contributed by atoms with Gasteiger partial charge in [-0.1, -0.05) is 0 Å². The number of ether oxygens (including phenoxy) is 5. The van der Waals surface area contributed by atoms with Gasteiger partial charge in [0, 0.05) is 20.8 Å². The summed E-state index contributed by atoms with van der Waals surface area (Å²) in [5.74, 6) is -1.66. The van der Waals surface area contributed by atoms with Crippen molar-refractivity contribution < 1.29 is 38.1 Å². The molecule has 0 saturated carbocycles. The molecule has 2 aliphatic heterocycles. The zero-order valence-electron chi connectivity index (χ0n) is 12.4. The van der Waals surface area contributed by atoms with Gasteiger partial charge in [-0.25, -0.2) is 4.99 Å². The van der Waals surface area contributed by atoms with Crippen LogP contribution in [0, 0.1) is 0 Å². The quantitative estimate of drug-likeness (QED) is 0.507. The van der Waals surface area contributed by atoms with Crippen molar-refractivity contribution in [3.63, 3.8) is 0 Å². The molecule has 0 spiro atoms. The molecule has 0 aromatic rings. The van der Waals surface area contributed by atoms with Gasteiger partial charge >= 0.3 is 17.9 Å². The van der Waals surface area contributed by atoms with Crippen LogP contribution < -0.4 is 0 Å². The summed E-state index contributed by atoms with van der Waals surface area (Å²) in [6, 6.07) is -0.651. The Morgan fingerprint density at radius 3 is 2.27 bits per heavy atom. The maximum Gasteiger partial charge on any atom is 0.303 e. The average Bonchev–Trinajstić information content (AvgIpc) is 2.86. The van der Waals surface area contributed by atoms with Gasteiger partial charge in [-0.15, -0.1) is 0 Å². The van der Waals surface area contributed by atoms with Crippen LogP contribution >= 0.6 is 0 Å². The van der Waals surface area contributed by atoms with E-state index < -0.39 is 48.6 Å². The molecule has 1 saturated heterocycles. The molecule has 22 heavy (non-hydrogen) atoms. The van der Waals surface area contributed by atoms with Crippen molar-refractivity contribution in [1.29, 1.82) is 0 Å². The Kier molecular flexibility index (Phi) is 4.96. The van der Waals surface area contributed by atoms with E-state index in [9.17, 15) is 14.4 Å². The molecule has 0 unspecified atom stereocenters. The molecule has 0 N–H and O–H groups in total. The Morgan fingerprint density at radius 1 is 1.05 bits per heavy atom. The van der Waals surface area contributed by atoms with Crippen molar-refractivity contribution in [3.8, 4) is 0 Å². The van der Waals surface area contributed by atoms with Crippen LogP contribution in [0.2, 0.25) is 0 Å². The second-order valence-corrected chi connectivity index (χ2v) is 4.87. The Morgan fingerprint density at radius 2 is 1.68 bits per heavy atom. The van der Waals surface area contributed by atoms with E-state index in [-0.39, 0.29) is 6.61 Å². The third-order valence-corrected chi connectivity index (χ3v) is 3.10. The van der Waals surface area contributed by atoms with E-state index in [0.29, 0.717) is 0 Å². The van der Waals surface area contributed by atoms with Crippen LogP contribution in [-0.4, -0.2) is 61.6 Å². The molecule has 9 nitrogen and oxygen atoms in total. The van der Waals surface area contributed by atoms with Gasteiger partial charge in [-0.3, -0.25) is 14.4 Å². The van der Waals surface area contributed by atoms with Crippen LogP contribution in [-0.2, 0) is 38.1 Å². The van der Waals surface area contributed by atoms with E-state index in [1.165, 1.54) is 27.2 Å². The Hall–Kier alpha value is -2.16. The van der Waals surface area contributed by atoms with Crippen molar-refractivity contribution in [2.75, 3.05) is 6.61 Å². The molecule has 2 aliphatic rings. The molecule has 2 rings (SSSR count). The summed E-state index contributed by atoms with van der Waals surface area (Å²) >= 11 is 0. The Labute approximate surface area is 126 Å². The second-order valence-electron chi connectivity index (χ2n) is 4.87. The third-order valence-electron chi connectivity index (χ3n) is 3.10. The lowest BCUT2D eigenvalue weighted by molar-refractivity contribution is -0.248. The number of aliphatic imine (C=N–C) groups is 1. The van der Waals surface area contributed by atoms with Crippen molar-refractivity contribution >= 4 is 24.3 Å². The summed E-state index contributed by atoms with van der Waals surface area (Å²) in [7, 11) is 0. The minimum atomic E-state index is -0.958. The molecule has 0 bridgehead atoms. The topological polar surface area (TPSA) is 110 Å². The second kappa shape index (κ2) is 6.73. The average molecular weight is 315 g/mol. The van der Waals surface area contributed by atoms with E-state index in [1.54, 1.807) is 0 Å². The molecular weight excluding hydrogens is 298 g/mol. The van der Waals surface area contributed by atoms with Crippen LogP contribution in [0.3, 0.4) is 0 Å². The van der Waals surface area contributed by atoms with Crippen LogP contribution in [0.5, 0.6) is 0 Å². The van der Waals surface area contributed by atoms with Crippen molar-refractivity contribution in [2.24, 2.45) is 4.99 Å². The van der Waals surface area contributed by atoms with Crippen LogP contribution in [0.25, 0.3) is 0 Å². The summed E-state index contributed by atoms with van der Waals surface area (Å²) in [5.41, 5.74) is 0. The standard InChI is InChI=1S/C13H17NO8/c1-6(15)18-4-9-11(20-7(2)16)12(21-8(3)17)10-13(22-9)19-5-14-10/h5,9-13H,4H2,1-3H3/t9-,10-,11-,12-,13+/m1/s1. The number of esters is 3. The number of carbonyl (C=O) groups excluding carboxylic acids is 3. The van der Waals surface area contributed by atoms with E-state index in [2.05, 4.69) is 4.99 Å². The minimum absolute atomic E-state index is 0.169. The summed E-state index contributed by atoms with van der Waals surface area (Å²) in [6.07, 6.45) is -2.29. The number of carbonyl (C=O) groups is 3. The number of hydrogen-bond acceptors (Lipinski definition) is 9. The highest BCUT2D eigenvalue weighted by Gasteiger charge is 2.52. The van der Waals surface area contributed by atoms with Crippen LogP contribution in [0.15, 0.2) is 4.99 Å². The maximum atomic E-state index is 11.3. The maximum absolute atomic E-state index is 11.3. The summed E-state index contributed by atoms with van der Waals surface area (Å²) in [4.78, 5) is 37.7. The third kappa shape index (κ3) is 3.73. The van der Waals surface area contributed by atoms with Crippen molar-refractivity contribution in [1.82, 2.24) is 0 Å². The first-order valence-corrected chi connectivity index (χ1v) is 6.69. The van der Waals surface area contributed by atoms with E-state index in [1.807, 2.05) is 0 Å². The molecule has 122 valence electrons. The highest BCUT2D eigenvalue weighted by molar-refractivity contribution is 5.68. The molecule has 9 heteroatoms. The number of rotatable bonds is 4. The normalized spacial score (nSPS) is 32.6. The smallest absolute Gasteiger partial charge is 0.303 e. The van der Waals surface area contributed by atoms with Gasteiger partial charge in [0.25, 0.3) is 0 Å². The molecule has 2 heterocycles. The molecule has 0 aliphatic carbocycles. The van der Waals surface area contributed by atoms with Gasteiger partial charge in [0.15, 0.2) is 24.7 Å². The van der Waals surface area contributed by atoms with Gasteiger partial charge in [0.2, 0.25) is 6.29 Å². The van der Waals surface area contributed by atoms with Gasteiger partial charge < -0.3 is 23.7 Å². The Balaban J connectivity index is 2.21. The SMILES string of the molecule is CC(=O)OC[C@H]1O[C@@H]2OC=N[C@@H]2[C@@H](OC(C)=O)[C@@H]1OC(C)=O. The summed E-state index contributed by atoms with van der Waals surface area (Å²) < 4.78 is 26.1. The fourth-order valence-corrected chi connectivity index (χ4v) is 2.32. The first-order chi connectivity index (χ1) is 10.4. The number of nitrogens with zero attached hydrogens (tertiary/aromatic N) is 1. The highest BCUT2D eigenvalue weighted by atomic mass is 16.7. The van der Waals surface area contributed by atoms with Crippen molar-refractivity contribution in [2.45, 2.75) is 51.4 Å². The lowest BCUT2D eigenvalue weighted by atomic mass is 9.97. The lowest BCUT2D eigenvalue weighted by Gasteiger charge is -2.40. The van der Waals surface area contributed by atoms with Gasteiger partial charge in [-0.05, 0) is 0 Å². The van der Waals surface area contributed by atoms with Gasteiger partial charge in [0.05, 0.1) is 0 Å². The molecule has 0 radical (unpaired) electrons. The largest absolute Gasteiger partial charge is 0.463 e. The van der Waals surface area contributed by atoms with Gasteiger partial charge in [0.1, 0.15) is 12.7 Å². The molecule has 5 atom stereocenters. The van der Waals surface area contributed by atoms with Gasteiger partial charge in [-0.2, -0.15) is 0 Å². The molecule has 1 fully saturated rings. The van der Waals surface area contributed by atoms with Crippen LogP contribution in [0.4, 0.5) is 0 Å². The van der Waals surface area contributed by atoms with E-state index in [0.717, 1.165) is 0 Å². The van der Waals surface area contributed by atoms with E-state index >= 15 is 0 Å². The van der Waals surface area contributed by atoms with Crippen molar-refractivity contribution in [3.05, 3.63) is 0 Å². The highest BCUT2D eigenvalue weighted by Crippen LogP contribution is 2.31. The lowest BCUT2D eigenvalue weighted by Crippen LogP contribution is -2.59. The summed E-state index contributed by atoms with van der Waals surface area (Å²) in [5, 5.41) is 0. The molecular formula is C13H17NO8. The molecule has 0 amide bonds. The first kappa shape index (κ1) is 16.2. The number of hydrogen-bond donors (Lipinski definition) is 0. The minimum Gasteiger partial charge on any atom is -0.463 e. The predicted molar refractivity (Wildman–Crippen MR) is 69.8 cm³/mol. The predicted octanol–water partition coefficient (Wildman–Crippen LogP) is -0.435. The monoisotopic (exact) mass is 315 g/mol. The Bertz CT molecular complexity index is 490. The fraction of sp³-hybridized carbons (Fsp3) is 0.692. The molecule has 0 aromatic heterocycles. The zero-order valence-corrected chi connectivity index (χ0v) is 12.4. The van der Waals surface area contributed by atoms with Crippen LogP contribution in [0.1, 0.15) is 20.8 Å². The first-order valence-electron chi connectivity index (χ1n) is 6.69. The zero-order chi connectivity index (χ0) is 16.3. The van der Waals surface area contributed by atoms with E-state index in [4.69, 9.17) is 23.7 Å². The number of fused-ring (bicyclic) bond motifs is 1. The molecule has 0 aromatic carbocycles.